The van der Waals surface area contributed by atoms with Crippen LogP contribution in [0, 0.1) is 11.7 Å². The molecule has 0 aliphatic carbocycles. The first kappa shape index (κ1) is 18.1. The molecule has 1 N–H and O–H groups in total. The summed E-state index contributed by atoms with van der Waals surface area (Å²) in [5.41, 5.74) is 2.35. The molecule has 2 aromatic rings. The first-order valence-corrected chi connectivity index (χ1v) is 9.98. The molecule has 4 aliphatic rings. The van der Waals surface area contributed by atoms with Gasteiger partial charge in [0.1, 0.15) is 11.9 Å². The van der Waals surface area contributed by atoms with E-state index < -0.39 is 6.09 Å². The minimum Gasteiger partial charge on any atom is -0.444 e. The van der Waals surface area contributed by atoms with Crippen LogP contribution in [0.1, 0.15) is 28.8 Å². The van der Waals surface area contributed by atoms with Gasteiger partial charge in [0.2, 0.25) is 0 Å². The van der Waals surface area contributed by atoms with Gasteiger partial charge in [-0.05, 0) is 67.7 Å². The number of carbonyl (C=O) groups excluding carboxylic acids is 2. The second-order valence-electron chi connectivity index (χ2n) is 7.91. The Labute approximate surface area is 168 Å². The van der Waals surface area contributed by atoms with Crippen LogP contribution in [0.3, 0.4) is 0 Å². The quantitative estimate of drug-likeness (QED) is 0.862. The number of halogens is 1. The van der Waals surface area contributed by atoms with Crippen molar-refractivity contribution in [3.63, 3.8) is 0 Å². The Hall–Kier alpha value is -2.93. The zero-order valence-corrected chi connectivity index (χ0v) is 15.9. The zero-order chi connectivity index (χ0) is 20.0. The molecular formula is C22H22FN3O3. The molecule has 150 valence electrons. The van der Waals surface area contributed by atoms with Gasteiger partial charge in [-0.2, -0.15) is 0 Å². The topological polar surface area (TPSA) is 61.9 Å². The third kappa shape index (κ3) is 3.35. The molecule has 29 heavy (non-hydrogen) atoms. The van der Waals surface area contributed by atoms with Crippen molar-refractivity contribution < 1.29 is 18.7 Å². The van der Waals surface area contributed by atoms with Crippen molar-refractivity contribution in [2.75, 3.05) is 29.9 Å². The molecule has 2 amide bonds. The molecule has 3 fully saturated rings. The van der Waals surface area contributed by atoms with E-state index >= 15 is 0 Å². The average molecular weight is 395 g/mol. The number of benzene rings is 2. The molecule has 4 heterocycles. The van der Waals surface area contributed by atoms with Gasteiger partial charge in [0.25, 0.3) is 5.91 Å². The number of piperidine rings is 3. The van der Waals surface area contributed by atoms with Crippen molar-refractivity contribution in [3.05, 3.63) is 59.4 Å². The molecule has 0 radical (unpaired) electrons. The van der Waals surface area contributed by atoms with Gasteiger partial charge >= 0.3 is 6.09 Å². The highest BCUT2D eigenvalue weighted by Crippen LogP contribution is 2.34. The average Bonchev–Trinajstić information content (AvgIpc) is 3.07. The van der Waals surface area contributed by atoms with Crippen LogP contribution in [0.15, 0.2) is 42.5 Å². The molecule has 0 spiro atoms. The molecule has 2 aromatic carbocycles. The number of carbonyl (C=O) groups is 2. The number of hydrogen-bond acceptors (Lipinski definition) is 4. The second kappa shape index (κ2) is 7.15. The summed E-state index contributed by atoms with van der Waals surface area (Å²) in [5.74, 6) is -0.149. The summed E-state index contributed by atoms with van der Waals surface area (Å²) < 4.78 is 18.9. The lowest BCUT2D eigenvalue weighted by atomic mass is 9.86. The van der Waals surface area contributed by atoms with Crippen molar-refractivity contribution in [2.45, 2.75) is 25.5 Å². The molecule has 6 nitrogen and oxygen atoms in total. The van der Waals surface area contributed by atoms with Gasteiger partial charge < -0.3 is 9.64 Å². The highest BCUT2D eigenvalue weighted by molar-refractivity contribution is 6.14. The van der Waals surface area contributed by atoms with Crippen LogP contribution in [0.2, 0.25) is 0 Å². The van der Waals surface area contributed by atoms with Crippen molar-refractivity contribution in [1.29, 1.82) is 0 Å². The van der Waals surface area contributed by atoms with E-state index in [-0.39, 0.29) is 17.8 Å². The lowest BCUT2D eigenvalue weighted by Gasteiger charge is -2.43. The summed E-state index contributed by atoms with van der Waals surface area (Å²) in [5, 5.41) is 2.77. The van der Waals surface area contributed by atoms with E-state index in [2.05, 4.69) is 10.2 Å². The fourth-order valence-corrected chi connectivity index (χ4v) is 4.62. The number of amides is 2. The first-order valence-electron chi connectivity index (χ1n) is 9.98. The Balaban J connectivity index is 1.32. The lowest BCUT2D eigenvalue weighted by Crippen LogP contribution is -2.52. The number of nitrogens with one attached hydrogen (secondary N) is 1. The maximum Gasteiger partial charge on any atom is 0.411 e. The van der Waals surface area contributed by atoms with Crippen LogP contribution in [-0.2, 0) is 11.3 Å². The zero-order valence-electron chi connectivity index (χ0n) is 15.9. The predicted molar refractivity (Wildman–Crippen MR) is 106 cm³/mol. The Morgan fingerprint density at radius 1 is 1.10 bits per heavy atom. The Bertz CT molecular complexity index is 954. The number of hydrogen-bond donors (Lipinski definition) is 1. The predicted octanol–water partition coefficient (Wildman–Crippen LogP) is 3.63. The lowest BCUT2D eigenvalue weighted by molar-refractivity contribution is -0.0289. The number of nitrogens with zero attached hydrogens (tertiary/aromatic N) is 2. The van der Waals surface area contributed by atoms with E-state index in [4.69, 9.17) is 4.74 Å². The number of ether oxygens (including phenoxy) is 1. The first-order chi connectivity index (χ1) is 14.1. The van der Waals surface area contributed by atoms with Crippen molar-refractivity contribution in [2.24, 2.45) is 5.92 Å². The molecular weight excluding hydrogens is 373 g/mol. The molecule has 1 atom stereocenters. The minimum atomic E-state index is -0.523. The van der Waals surface area contributed by atoms with Gasteiger partial charge in [0, 0.05) is 12.2 Å². The van der Waals surface area contributed by atoms with E-state index in [1.807, 2.05) is 12.1 Å². The normalized spacial score (nSPS) is 25.1. The van der Waals surface area contributed by atoms with E-state index in [1.165, 1.54) is 12.1 Å². The van der Waals surface area contributed by atoms with Crippen LogP contribution in [-0.4, -0.2) is 42.6 Å². The third-order valence-corrected chi connectivity index (χ3v) is 6.17. The second-order valence-corrected chi connectivity index (χ2v) is 7.91. The Morgan fingerprint density at radius 2 is 1.86 bits per heavy atom. The van der Waals surface area contributed by atoms with Gasteiger partial charge in [-0.25, -0.2) is 9.18 Å². The Kier molecular flexibility index (Phi) is 4.47. The molecule has 7 heteroatoms. The van der Waals surface area contributed by atoms with E-state index in [1.54, 1.807) is 23.1 Å². The van der Waals surface area contributed by atoms with Crippen LogP contribution >= 0.6 is 0 Å². The van der Waals surface area contributed by atoms with E-state index in [9.17, 15) is 14.0 Å². The van der Waals surface area contributed by atoms with Gasteiger partial charge in [-0.3, -0.25) is 15.0 Å². The summed E-state index contributed by atoms with van der Waals surface area (Å²) in [7, 11) is 0. The summed E-state index contributed by atoms with van der Waals surface area (Å²) >= 11 is 0. The number of fused-ring (bicyclic) bond motifs is 4. The molecule has 0 aromatic heterocycles. The molecule has 6 rings (SSSR count). The molecule has 2 bridgehead atoms. The fraction of sp³-hybridized carbons (Fsp3) is 0.364. The van der Waals surface area contributed by atoms with E-state index in [0.29, 0.717) is 29.4 Å². The van der Waals surface area contributed by atoms with Crippen molar-refractivity contribution in [3.8, 4) is 0 Å². The van der Waals surface area contributed by atoms with Crippen molar-refractivity contribution in [1.82, 2.24) is 4.90 Å². The highest BCUT2D eigenvalue weighted by Gasteiger charge is 2.37. The maximum atomic E-state index is 13.2. The fourth-order valence-electron chi connectivity index (χ4n) is 4.62. The highest BCUT2D eigenvalue weighted by atomic mass is 19.1. The van der Waals surface area contributed by atoms with Gasteiger partial charge in [-0.1, -0.05) is 12.1 Å². The molecule has 1 unspecified atom stereocenters. The third-order valence-electron chi connectivity index (χ3n) is 6.17. The minimum absolute atomic E-state index is 0.0966. The summed E-state index contributed by atoms with van der Waals surface area (Å²) in [6.07, 6.45) is 1.50. The molecule has 3 saturated heterocycles. The summed E-state index contributed by atoms with van der Waals surface area (Å²) in [6, 6.07) is 11.2. The van der Waals surface area contributed by atoms with Crippen LogP contribution in [0.5, 0.6) is 0 Å². The monoisotopic (exact) mass is 395 g/mol. The number of rotatable bonds is 3. The van der Waals surface area contributed by atoms with Gasteiger partial charge in [-0.15, -0.1) is 0 Å². The van der Waals surface area contributed by atoms with Crippen LogP contribution in [0.25, 0.3) is 0 Å². The van der Waals surface area contributed by atoms with Crippen molar-refractivity contribution >= 4 is 23.4 Å². The molecule has 0 saturated carbocycles. The Morgan fingerprint density at radius 3 is 2.55 bits per heavy atom. The molecule has 4 aliphatic heterocycles. The van der Waals surface area contributed by atoms with Gasteiger partial charge in [0.15, 0.2) is 0 Å². The largest absolute Gasteiger partial charge is 0.444 e. The maximum absolute atomic E-state index is 13.2. The van der Waals surface area contributed by atoms with E-state index in [0.717, 1.165) is 38.0 Å². The number of anilines is 2. The SMILES string of the molecule is O=C(Nc1cccc2c1C(=O)N(c1ccc(F)cc1)C2)OC1CN2CCC1CC2. The van der Waals surface area contributed by atoms with Crippen LogP contribution in [0.4, 0.5) is 20.6 Å². The van der Waals surface area contributed by atoms with Gasteiger partial charge in [0.05, 0.1) is 17.8 Å². The summed E-state index contributed by atoms with van der Waals surface area (Å²) in [4.78, 5) is 29.4. The standard InChI is InChI=1S/C22H22FN3O3/c23-16-4-6-17(7-5-16)26-12-15-2-1-3-18(20(15)21(26)27)24-22(28)29-19-13-25-10-8-14(19)9-11-25/h1-7,14,19H,8-13H2,(H,24,28). The van der Waals surface area contributed by atoms with Crippen LogP contribution < -0.4 is 10.2 Å². The smallest absolute Gasteiger partial charge is 0.411 e. The summed E-state index contributed by atoms with van der Waals surface area (Å²) in [6.45, 7) is 3.31.